The topological polar surface area (TPSA) is 66.4 Å². The molecular weight excluding hydrogens is 362 g/mol. The van der Waals surface area contributed by atoms with E-state index in [4.69, 9.17) is 5.11 Å². The third-order valence-corrected chi connectivity index (χ3v) is 6.47. The van der Waals surface area contributed by atoms with Gasteiger partial charge in [0, 0.05) is 10.4 Å². The van der Waals surface area contributed by atoms with Crippen LogP contribution in [0.4, 0.5) is 0 Å². The van der Waals surface area contributed by atoms with Gasteiger partial charge in [-0.3, -0.25) is 0 Å². The van der Waals surface area contributed by atoms with Crippen LogP contribution in [0.5, 0.6) is 0 Å². The maximum atomic E-state index is 12.5. The third-order valence-electron chi connectivity index (χ3n) is 2.53. The van der Waals surface area contributed by atoms with E-state index >= 15 is 0 Å². The highest BCUT2D eigenvalue weighted by molar-refractivity contribution is 9.11. The second kappa shape index (κ2) is 6.04. The molecule has 0 unspecified atom stereocenters. The minimum absolute atomic E-state index is 0.0220. The normalized spacial score (nSPS) is 13.8. The average Bonchev–Trinajstić information content (AvgIpc) is 2.54. The number of hydrogen-bond acceptors (Lipinski definition) is 4. The van der Waals surface area contributed by atoms with E-state index in [-0.39, 0.29) is 16.9 Å². The molecule has 0 spiro atoms. The second-order valence-electron chi connectivity index (χ2n) is 6.74. The van der Waals surface area contributed by atoms with E-state index in [1.54, 1.807) is 0 Å². The van der Waals surface area contributed by atoms with E-state index in [0.29, 0.717) is 15.1 Å². The number of rotatable bonds is 5. The van der Waals surface area contributed by atoms with Crippen molar-refractivity contribution in [3.05, 3.63) is 14.7 Å². The van der Waals surface area contributed by atoms with Crippen molar-refractivity contribution < 1.29 is 13.5 Å². The van der Waals surface area contributed by atoms with Crippen LogP contribution >= 0.6 is 27.3 Å². The Morgan fingerprint density at radius 1 is 1.30 bits per heavy atom. The largest absolute Gasteiger partial charge is 0.391 e. The van der Waals surface area contributed by atoms with Gasteiger partial charge in [-0.2, -0.15) is 0 Å². The van der Waals surface area contributed by atoms with Crippen molar-refractivity contribution >= 4 is 37.3 Å². The lowest BCUT2D eigenvalue weighted by Gasteiger charge is -2.32. The molecular formula is C13H22BrNO3S2. The van der Waals surface area contributed by atoms with Crippen molar-refractivity contribution in [3.8, 4) is 0 Å². The molecule has 4 nitrogen and oxygen atoms in total. The highest BCUT2D eigenvalue weighted by Crippen LogP contribution is 2.34. The molecule has 0 bridgehead atoms. The number of hydrogen-bond donors (Lipinski definition) is 2. The predicted octanol–water partition coefficient (Wildman–Crippen LogP) is 3.50. The standard InChI is InChI=1S/C13H22BrNO3S2/c1-12(2,3)8-13(4,5)15-20(17,18)10-6-9(7-16)19-11(10)14/h6,15-16H,7-8H2,1-5H3. The van der Waals surface area contributed by atoms with Crippen molar-refractivity contribution in [1.82, 2.24) is 4.72 Å². The molecule has 0 amide bonds. The zero-order chi connectivity index (χ0) is 15.8. The predicted molar refractivity (Wildman–Crippen MR) is 86.4 cm³/mol. The monoisotopic (exact) mass is 383 g/mol. The SMILES string of the molecule is CC(C)(C)CC(C)(C)NS(=O)(=O)c1cc(CO)sc1Br. The van der Waals surface area contributed by atoms with Gasteiger partial charge in [0.05, 0.1) is 10.4 Å². The zero-order valence-corrected chi connectivity index (χ0v) is 15.7. The molecule has 1 aromatic rings. The maximum Gasteiger partial charge on any atom is 0.243 e. The first-order valence-electron chi connectivity index (χ1n) is 6.29. The van der Waals surface area contributed by atoms with Gasteiger partial charge >= 0.3 is 0 Å². The fourth-order valence-electron chi connectivity index (χ4n) is 2.44. The van der Waals surface area contributed by atoms with Crippen LogP contribution in [-0.4, -0.2) is 19.1 Å². The summed E-state index contributed by atoms with van der Waals surface area (Å²) < 4.78 is 28.2. The lowest BCUT2D eigenvalue weighted by molar-refractivity contribution is 0.269. The van der Waals surface area contributed by atoms with Crippen LogP contribution in [0.15, 0.2) is 14.7 Å². The van der Waals surface area contributed by atoms with Crippen LogP contribution in [0.2, 0.25) is 0 Å². The molecule has 0 atom stereocenters. The van der Waals surface area contributed by atoms with Gasteiger partial charge in [0.2, 0.25) is 10.0 Å². The molecule has 0 saturated carbocycles. The van der Waals surface area contributed by atoms with E-state index in [1.165, 1.54) is 17.4 Å². The van der Waals surface area contributed by atoms with Crippen LogP contribution in [0.25, 0.3) is 0 Å². The molecule has 116 valence electrons. The van der Waals surface area contributed by atoms with E-state index < -0.39 is 15.6 Å². The zero-order valence-electron chi connectivity index (χ0n) is 12.4. The van der Waals surface area contributed by atoms with Gasteiger partial charge in [0.15, 0.2) is 0 Å². The first-order valence-corrected chi connectivity index (χ1v) is 9.39. The van der Waals surface area contributed by atoms with E-state index in [0.717, 1.165) is 0 Å². The van der Waals surface area contributed by atoms with Crippen molar-refractivity contribution in [3.63, 3.8) is 0 Å². The molecule has 1 rings (SSSR count). The number of halogens is 1. The Hall–Kier alpha value is 0.0500. The number of aliphatic hydroxyl groups is 1. The second-order valence-corrected chi connectivity index (χ2v) is 10.8. The molecule has 20 heavy (non-hydrogen) atoms. The van der Waals surface area contributed by atoms with E-state index in [2.05, 4.69) is 41.4 Å². The Morgan fingerprint density at radius 3 is 2.25 bits per heavy atom. The molecule has 0 saturated heterocycles. The highest BCUT2D eigenvalue weighted by atomic mass is 79.9. The lowest BCUT2D eigenvalue weighted by atomic mass is 9.82. The Bertz CT molecular complexity index is 571. The minimum atomic E-state index is -3.61. The van der Waals surface area contributed by atoms with Crippen LogP contribution in [0, 0.1) is 5.41 Å². The molecule has 2 N–H and O–H groups in total. The summed E-state index contributed by atoms with van der Waals surface area (Å²) in [7, 11) is -3.61. The van der Waals surface area contributed by atoms with E-state index in [9.17, 15) is 8.42 Å². The highest BCUT2D eigenvalue weighted by Gasteiger charge is 2.32. The minimum Gasteiger partial charge on any atom is -0.391 e. The Balaban J connectivity index is 3.03. The summed E-state index contributed by atoms with van der Waals surface area (Å²) in [4.78, 5) is 0.805. The summed E-state index contributed by atoms with van der Waals surface area (Å²) in [6.45, 7) is 9.82. The van der Waals surface area contributed by atoms with Gasteiger partial charge in [0.1, 0.15) is 4.90 Å². The molecule has 0 fully saturated rings. The summed E-state index contributed by atoms with van der Waals surface area (Å²) in [6.07, 6.45) is 0.716. The van der Waals surface area contributed by atoms with Gasteiger partial charge < -0.3 is 5.11 Å². The third kappa shape index (κ3) is 5.11. The first-order chi connectivity index (χ1) is 8.86. The lowest BCUT2D eigenvalue weighted by Crippen LogP contribution is -2.45. The summed E-state index contributed by atoms with van der Waals surface area (Å²) in [6, 6.07) is 1.50. The number of nitrogens with one attached hydrogen (secondary N) is 1. The molecule has 7 heteroatoms. The molecule has 0 aliphatic rings. The van der Waals surface area contributed by atoms with Crippen LogP contribution in [0.1, 0.15) is 45.9 Å². The number of sulfonamides is 1. The van der Waals surface area contributed by atoms with Crippen molar-refractivity contribution in [2.75, 3.05) is 0 Å². The Kier molecular flexibility index (Phi) is 5.47. The van der Waals surface area contributed by atoms with Gasteiger partial charge in [-0.15, -0.1) is 11.3 Å². The molecule has 0 radical (unpaired) electrons. The number of thiophene rings is 1. The van der Waals surface area contributed by atoms with Crippen molar-refractivity contribution in [2.24, 2.45) is 5.41 Å². The van der Waals surface area contributed by atoms with Crippen LogP contribution < -0.4 is 4.72 Å². The summed E-state index contributed by atoms with van der Waals surface area (Å²) in [5.41, 5.74) is -0.522. The average molecular weight is 384 g/mol. The smallest absolute Gasteiger partial charge is 0.243 e. The Morgan fingerprint density at radius 2 is 1.85 bits per heavy atom. The van der Waals surface area contributed by atoms with Gasteiger partial charge in [-0.1, -0.05) is 20.8 Å². The van der Waals surface area contributed by atoms with Crippen LogP contribution in [-0.2, 0) is 16.6 Å². The molecule has 1 aromatic heterocycles. The van der Waals surface area contributed by atoms with Gasteiger partial charge in [-0.05, 0) is 47.7 Å². The molecule has 0 aliphatic carbocycles. The van der Waals surface area contributed by atoms with E-state index in [1.807, 2.05) is 13.8 Å². The van der Waals surface area contributed by atoms with Crippen LogP contribution in [0.3, 0.4) is 0 Å². The van der Waals surface area contributed by atoms with Gasteiger partial charge in [0.25, 0.3) is 0 Å². The maximum absolute atomic E-state index is 12.5. The summed E-state index contributed by atoms with van der Waals surface area (Å²) >= 11 is 4.48. The summed E-state index contributed by atoms with van der Waals surface area (Å²) in [5, 5.41) is 9.10. The molecule has 0 aliphatic heterocycles. The first kappa shape index (κ1) is 18.1. The number of aliphatic hydroxyl groups excluding tert-OH is 1. The van der Waals surface area contributed by atoms with Gasteiger partial charge in [-0.25, -0.2) is 13.1 Å². The molecule has 0 aromatic carbocycles. The molecule has 1 heterocycles. The summed E-state index contributed by atoms with van der Waals surface area (Å²) in [5.74, 6) is 0. The fraction of sp³-hybridized carbons (Fsp3) is 0.692. The van der Waals surface area contributed by atoms with Crippen molar-refractivity contribution in [2.45, 2.75) is 58.1 Å². The Labute approximate surface area is 133 Å². The quantitative estimate of drug-likeness (QED) is 0.817. The fourth-order valence-corrected chi connectivity index (χ4v) is 6.40. The van der Waals surface area contributed by atoms with Crippen molar-refractivity contribution in [1.29, 1.82) is 0 Å².